The van der Waals surface area contributed by atoms with Crippen LogP contribution in [0.2, 0.25) is 5.02 Å². The summed E-state index contributed by atoms with van der Waals surface area (Å²) in [4.78, 5) is 0. The Labute approximate surface area is 86.8 Å². The molecule has 0 unspecified atom stereocenters. The van der Waals surface area contributed by atoms with Crippen molar-refractivity contribution in [3.8, 4) is 5.75 Å². The SMILES string of the molecule is Nc1cc(Cl)c(F)cc1OC1CCC1. The van der Waals surface area contributed by atoms with Crippen LogP contribution in [0.25, 0.3) is 0 Å². The summed E-state index contributed by atoms with van der Waals surface area (Å²) in [6.07, 6.45) is 3.39. The summed E-state index contributed by atoms with van der Waals surface area (Å²) < 4.78 is 18.6. The third kappa shape index (κ3) is 1.77. The van der Waals surface area contributed by atoms with E-state index in [0.717, 1.165) is 12.8 Å². The molecule has 1 aliphatic carbocycles. The van der Waals surface area contributed by atoms with Crippen molar-refractivity contribution in [3.05, 3.63) is 23.0 Å². The van der Waals surface area contributed by atoms with E-state index in [1.807, 2.05) is 0 Å². The second kappa shape index (κ2) is 3.65. The van der Waals surface area contributed by atoms with E-state index in [4.69, 9.17) is 22.1 Å². The predicted molar refractivity (Wildman–Crippen MR) is 54.1 cm³/mol. The quantitative estimate of drug-likeness (QED) is 0.770. The first kappa shape index (κ1) is 9.59. The van der Waals surface area contributed by atoms with Crippen molar-refractivity contribution in [1.29, 1.82) is 0 Å². The van der Waals surface area contributed by atoms with E-state index in [0.29, 0.717) is 11.4 Å². The molecule has 2 N–H and O–H groups in total. The Balaban J connectivity index is 2.19. The Bertz CT molecular complexity index is 352. The topological polar surface area (TPSA) is 35.2 Å². The lowest BCUT2D eigenvalue weighted by Gasteiger charge is -2.27. The van der Waals surface area contributed by atoms with Gasteiger partial charge in [0.25, 0.3) is 0 Å². The highest BCUT2D eigenvalue weighted by Crippen LogP contribution is 2.32. The number of hydrogen-bond acceptors (Lipinski definition) is 2. The van der Waals surface area contributed by atoms with Gasteiger partial charge in [0.15, 0.2) is 0 Å². The van der Waals surface area contributed by atoms with Crippen LogP contribution in [0, 0.1) is 5.82 Å². The molecule has 0 bridgehead atoms. The minimum absolute atomic E-state index is 0.0310. The molecule has 0 aromatic heterocycles. The molecule has 0 spiro atoms. The van der Waals surface area contributed by atoms with Gasteiger partial charge < -0.3 is 10.5 Å². The fourth-order valence-electron chi connectivity index (χ4n) is 1.31. The van der Waals surface area contributed by atoms with Gasteiger partial charge in [0.05, 0.1) is 16.8 Å². The van der Waals surface area contributed by atoms with Crippen LogP contribution in [0.4, 0.5) is 10.1 Å². The van der Waals surface area contributed by atoms with Gasteiger partial charge in [-0.25, -0.2) is 4.39 Å². The molecule has 1 aromatic rings. The van der Waals surface area contributed by atoms with Crippen LogP contribution in [0.3, 0.4) is 0 Å². The zero-order valence-electron chi connectivity index (χ0n) is 7.59. The van der Waals surface area contributed by atoms with E-state index in [-0.39, 0.29) is 11.1 Å². The fourth-order valence-corrected chi connectivity index (χ4v) is 1.49. The molecule has 4 heteroatoms. The largest absolute Gasteiger partial charge is 0.488 e. The number of anilines is 1. The lowest BCUT2D eigenvalue weighted by Crippen LogP contribution is -2.25. The summed E-state index contributed by atoms with van der Waals surface area (Å²) in [7, 11) is 0. The van der Waals surface area contributed by atoms with Crippen LogP contribution in [0.15, 0.2) is 12.1 Å². The molecule has 76 valence electrons. The van der Waals surface area contributed by atoms with Gasteiger partial charge in [0.1, 0.15) is 11.6 Å². The maximum atomic E-state index is 13.1. The molecule has 0 atom stereocenters. The van der Waals surface area contributed by atoms with Crippen molar-refractivity contribution < 1.29 is 9.13 Å². The average Bonchev–Trinajstić information content (AvgIpc) is 2.06. The minimum Gasteiger partial charge on any atom is -0.488 e. The van der Waals surface area contributed by atoms with Crippen LogP contribution in [-0.2, 0) is 0 Å². The van der Waals surface area contributed by atoms with Gasteiger partial charge in [0.2, 0.25) is 0 Å². The maximum Gasteiger partial charge on any atom is 0.145 e. The molecule has 1 aliphatic rings. The third-order valence-corrected chi connectivity index (χ3v) is 2.69. The van der Waals surface area contributed by atoms with E-state index in [1.54, 1.807) is 0 Å². The molecular weight excluding hydrogens is 205 g/mol. The predicted octanol–water partition coefficient (Wildman–Crippen LogP) is 2.99. The van der Waals surface area contributed by atoms with E-state index >= 15 is 0 Å². The summed E-state index contributed by atoms with van der Waals surface area (Å²) in [6, 6.07) is 2.63. The number of halogens is 2. The Morgan fingerprint density at radius 1 is 1.43 bits per heavy atom. The number of hydrogen-bond donors (Lipinski definition) is 1. The van der Waals surface area contributed by atoms with Crippen molar-refractivity contribution in [2.45, 2.75) is 25.4 Å². The molecule has 0 radical (unpaired) electrons. The molecule has 1 fully saturated rings. The molecule has 2 rings (SSSR count). The smallest absolute Gasteiger partial charge is 0.145 e. The summed E-state index contributed by atoms with van der Waals surface area (Å²) in [5, 5.41) is 0.0310. The molecule has 0 saturated heterocycles. The second-order valence-electron chi connectivity index (χ2n) is 3.47. The van der Waals surface area contributed by atoms with Gasteiger partial charge in [-0.05, 0) is 25.3 Å². The normalized spacial score (nSPS) is 16.4. The number of ether oxygens (including phenoxy) is 1. The maximum absolute atomic E-state index is 13.1. The highest BCUT2D eigenvalue weighted by Gasteiger charge is 2.20. The molecule has 0 amide bonds. The van der Waals surface area contributed by atoms with E-state index < -0.39 is 5.82 Å². The molecular formula is C10H11ClFNO. The van der Waals surface area contributed by atoms with Crippen LogP contribution in [0.1, 0.15) is 19.3 Å². The van der Waals surface area contributed by atoms with Crippen molar-refractivity contribution in [2.75, 3.05) is 5.73 Å². The molecule has 1 saturated carbocycles. The van der Waals surface area contributed by atoms with Gasteiger partial charge in [-0.3, -0.25) is 0 Å². The zero-order valence-corrected chi connectivity index (χ0v) is 8.35. The van der Waals surface area contributed by atoms with Crippen molar-refractivity contribution in [2.24, 2.45) is 0 Å². The molecule has 2 nitrogen and oxygen atoms in total. The minimum atomic E-state index is -0.491. The Morgan fingerprint density at radius 3 is 2.71 bits per heavy atom. The van der Waals surface area contributed by atoms with Crippen LogP contribution in [0.5, 0.6) is 5.75 Å². The van der Waals surface area contributed by atoms with Gasteiger partial charge in [-0.15, -0.1) is 0 Å². The van der Waals surface area contributed by atoms with Crippen molar-refractivity contribution in [3.63, 3.8) is 0 Å². The van der Waals surface area contributed by atoms with E-state index in [2.05, 4.69) is 0 Å². The summed E-state index contributed by atoms with van der Waals surface area (Å²) >= 11 is 5.56. The molecule has 14 heavy (non-hydrogen) atoms. The monoisotopic (exact) mass is 215 g/mol. The molecule has 1 aromatic carbocycles. The lowest BCUT2D eigenvalue weighted by molar-refractivity contribution is 0.121. The van der Waals surface area contributed by atoms with Crippen LogP contribution >= 0.6 is 11.6 Å². The summed E-state index contributed by atoms with van der Waals surface area (Å²) in [6.45, 7) is 0. The van der Waals surface area contributed by atoms with Crippen LogP contribution in [-0.4, -0.2) is 6.10 Å². The average molecular weight is 216 g/mol. The first-order chi connectivity index (χ1) is 6.66. The highest BCUT2D eigenvalue weighted by atomic mass is 35.5. The molecule has 0 aliphatic heterocycles. The number of nitrogens with two attached hydrogens (primary N) is 1. The first-order valence-electron chi connectivity index (χ1n) is 4.58. The number of nitrogen functional groups attached to an aromatic ring is 1. The Hall–Kier alpha value is -0.960. The highest BCUT2D eigenvalue weighted by molar-refractivity contribution is 6.31. The summed E-state index contributed by atoms with van der Waals surface area (Å²) in [5.74, 6) is -0.0909. The summed E-state index contributed by atoms with van der Waals surface area (Å²) in [5.41, 5.74) is 6.03. The van der Waals surface area contributed by atoms with E-state index in [9.17, 15) is 4.39 Å². The van der Waals surface area contributed by atoms with Gasteiger partial charge >= 0.3 is 0 Å². The van der Waals surface area contributed by atoms with Crippen molar-refractivity contribution in [1.82, 2.24) is 0 Å². The number of rotatable bonds is 2. The van der Waals surface area contributed by atoms with Gasteiger partial charge in [0, 0.05) is 6.07 Å². The zero-order chi connectivity index (χ0) is 10.1. The lowest BCUT2D eigenvalue weighted by atomic mass is 9.96. The second-order valence-corrected chi connectivity index (χ2v) is 3.88. The Kier molecular flexibility index (Phi) is 2.50. The van der Waals surface area contributed by atoms with Gasteiger partial charge in [-0.2, -0.15) is 0 Å². The molecule has 0 heterocycles. The van der Waals surface area contributed by atoms with Gasteiger partial charge in [-0.1, -0.05) is 11.6 Å². The number of benzene rings is 1. The van der Waals surface area contributed by atoms with Crippen molar-refractivity contribution >= 4 is 17.3 Å². The fraction of sp³-hybridized carbons (Fsp3) is 0.400. The van der Waals surface area contributed by atoms with Crippen LogP contribution < -0.4 is 10.5 Å². The third-order valence-electron chi connectivity index (χ3n) is 2.40. The standard InChI is InChI=1S/C10H11ClFNO/c11-7-4-9(13)10(5-8(7)12)14-6-2-1-3-6/h4-6H,1-3,13H2. The first-order valence-corrected chi connectivity index (χ1v) is 4.96. The Morgan fingerprint density at radius 2 is 2.14 bits per heavy atom. The van der Waals surface area contributed by atoms with E-state index in [1.165, 1.54) is 18.6 Å².